The van der Waals surface area contributed by atoms with Crippen molar-refractivity contribution in [2.24, 2.45) is 0 Å². The molecule has 0 unspecified atom stereocenters. The van der Waals surface area contributed by atoms with Gasteiger partial charge in [-0.25, -0.2) is 9.59 Å². The summed E-state index contributed by atoms with van der Waals surface area (Å²) in [5.74, 6) is -0.473. The van der Waals surface area contributed by atoms with E-state index >= 15 is 0 Å². The van der Waals surface area contributed by atoms with Crippen LogP contribution in [0, 0.1) is 6.92 Å². The number of methoxy groups -OCH3 is 2. The van der Waals surface area contributed by atoms with Crippen LogP contribution in [0.15, 0.2) is 24.3 Å². The number of aryl methyl sites for hydroxylation is 2. The molecule has 0 saturated carbocycles. The summed E-state index contributed by atoms with van der Waals surface area (Å²) in [7, 11) is 2.55. The van der Waals surface area contributed by atoms with Crippen molar-refractivity contribution in [2.75, 3.05) is 14.2 Å². The molecule has 0 aliphatic heterocycles. The predicted molar refractivity (Wildman–Crippen MR) is 70.8 cm³/mol. The maximum absolute atomic E-state index is 11.6. The quantitative estimate of drug-likeness (QED) is 0.825. The van der Waals surface area contributed by atoms with Gasteiger partial charge in [0.15, 0.2) is 0 Å². The molecule has 0 fully saturated rings. The van der Waals surface area contributed by atoms with Gasteiger partial charge in [0.05, 0.1) is 14.2 Å². The Morgan fingerprint density at radius 3 is 2.47 bits per heavy atom. The van der Waals surface area contributed by atoms with Crippen LogP contribution in [0.4, 0.5) is 4.79 Å². The Morgan fingerprint density at radius 1 is 1.21 bits per heavy atom. The lowest BCUT2D eigenvalue weighted by molar-refractivity contribution is -0.143. The fourth-order valence-electron chi connectivity index (χ4n) is 1.78. The number of hydrogen-bond acceptors (Lipinski definition) is 4. The minimum atomic E-state index is -0.697. The highest BCUT2D eigenvalue weighted by Gasteiger charge is 2.21. The van der Waals surface area contributed by atoms with E-state index in [-0.39, 0.29) is 0 Å². The van der Waals surface area contributed by atoms with E-state index in [1.807, 2.05) is 31.2 Å². The lowest BCUT2D eigenvalue weighted by Crippen LogP contribution is -2.41. The molecular weight excluding hydrogens is 246 g/mol. The first kappa shape index (κ1) is 15.0. The Balaban J connectivity index is 2.65. The van der Waals surface area contributed by atoms with Crippen LogP contribution in [0.1, 0.15) is 17.5 Å². The molecule has 5 nitrogen and oxygen atoms in total. The number of ether oxygens (including phenoxy) is 2. The average Bonchev–Trinajstić information content (AvgIpc) is 2.43. The second kappa shape index (κ2) is 7.41. The molecule has 0 radical (unpaired) electrons. The fourth-order valence-corrected chi connectivity index (χ4v) is 1.78. The molecule has 0 spiro atoms. The third kappa shape index (κ3) is 4.62. The highest BCUT2D eigenvalue weighted by Crippen LogP contribution is 2.11. The van der Waals surface area contributed by atoms with E-state index in [4.69, 9.17) is 0 Å². The Hall–Kier alpha value is -2.04. The van der Waals surface area contributed by atoms with Crippen LogP contribution in [0.25, 0.3) is 0 Å². The van der Waals surface area contributed by atoms with Crippen LogP contribution < -0.4 is 5.32 Å². The summed E-state index contributed by atoms with van der Waals surface area (Å²) >= 11 is 0. The van der Waals surface area contributed by atoms with E-state index in [1.54, 1.807) is 0 Å². The van der Waals surface area contributed by atoms with Crippen LogP contribution >= 0.6 is 0 Å². The number of rotatable bonds is 5. The number of carbonyl (C=O) groups is 2. The average molecular weight is 265 g/mol. The van der Waals surface area contributed by atoms with Crippen LogP contribution in [0.5, 0.6) is 0 Å². The number of carbonyl (C=O) groups excluding carboxylic acids is 2. The van der Waals surface area contributed by atoms with Crippen molar-refractivity contribution in [2.45, 2.75) is 25.8 Å². The van der Waals surface area contributed by atoms with Crippen LogP contribution in [-0.2, 0) is 20.7 Å². The summed E-state index contributed by atoms with van der Waals surface area (Å²) in [4.78, 5) is 22.8. The summed E-state index contributed by atoms with van der Waals surface area (Å²) in [6.45, 7) is 2.01. The van der Waals surface area contributed by atoms with Gasteiger partial charge in [0.25, 0.3) is 0 Å². The van der Waals surface area contributed by atoms with Crippen molar-refractivity contribution in [3.05, 3.63) is 35.4 Å². The fraction of sp³-hybridized carbons (Fsp3) is 0.429. The van der Waals surface area contributed by atoms with E-state index in [0.717, 1.165) is 11.1 Å². The number of nitrogens with one attached hydrogen (secondary N) is 1. The Labute approximate surface area is 112 Å². The second-order valence-electron chi connectivity index (χ2n) is 4.18. The first-order valence-electron chi connectivity index (χ1n) is 6.05. The number of amides is 1. The molecule has 104 valence electrons. The molecule has 0 aromatic heterocycles. The normalized spacial score (nSPS) is 11.5. The zero-order valence-electron chi connectivity index (χ0n) is 11.4. The molecule has 1 amide bonds. The number of benzene rings is 1. The molecule has 1 aromatic rings. The van der Waals surface area contributed by atoms with E-state index in [1.165, 1.54) is 14.2 Å². The zero-order chi connectivity index (χ0) is 14.3. The molecule has 19 heavy (non-hydrogen) atoms. The molecule has 0 bridgehead atoms. The minimum absolute atomic E-state index is 0.465. The lowest BCUT2D eigenvalue weighted by Gasteiger charge is -2.16. The monoisotopic (exact) mass is 265 g/mol. The van der Waals surface area contributed by atoms with Gasteiger partial charge in [0.1, 0.15) is 6.04 Å². The third-order valence-electron chi connectivity index (χ3n) is 2.93. The highest BCUT2D eigenvalue weighted by atomic mass is 16.5. The van der Waals surface area contributed by atoms with Crippen molar-refractivity contribution in [3.63, 3.8) is 0 Å². The Kier molecular flexibility index (Phi) is 5.85. The van der Waals surface area contributed by atoms with Gasteiger partial charge < -0.3 is 14.8 Å². The van der Waals surface area contributed by atoms with Gasteiger partial charge in [0.2, 0.25) is 0 Å². The highest BCUT2D eigenvalue weighted by molar-refractivity contribution is 5.81. The van der Waals surface area contributed by atoms with Gasteiger partial charge in [-0.3, -0.25) is 0 Å². The van der Waals surface area contributed by atoms with Crippen LogP contribution in [0.3, 0.4) is 0 Å². The Bertz CT molecular complexity index is 445. The van der Waals surface area contributed by atoms with Gasteiger partial charge in [-0.2, -0.15) is 0 Å². The van der Waals surface area contributed by atoms with Crippen molar-refractivity contribution < 1.29 is 19.1 Å². The predicted octanol–water partition coefficient (Wildman–Crippen LogP) is 1.83. The zero-order valence-corrected chi connectivity index (χ0v) is 11.4. The number of alkyl carbamates (subject to hydrolysis) is 1. The molecule has 0 saturated heterocycles. The first-order chi connectivity index (χ1) is 9.08. The number of esters is 1. The molecular formula is C14H19NO4. The SMILES string of the molecule is COC(=O)N[C@@H](CCc1ccccc1C)C(=O)OC. The van der Waals surface area contributed by atoms with Crippen molar-refractivity contribution in [1.29, 1.82) is 0 Å². The van der Waals surface area contributed by atoms with Crippen molar-refractivity contribution >= 4 is 12.1 Å². The molecule has 1 aromatic carbocycles. The van der Waals surface area contributed by atoms with E-state index in [2.05, 4.69) is 14.8 Å². The molecule has 5 heteroatoms. The second-order valence-corrected chi connectivity index (χ2v) is 4.18. The van der Waals surface area contributed by atoms with Gasteiger partial charge in [-0.15, -0.1) is 0 Å². The smallest absolute Gasteiger partial charge is 0.407 e. The van der Waals surface area contributed by atoms with Gasteiger partial charge in [-0.05, 0) is 30.9 Å². The molecule has 0 aliphatic rings. The van der Waals surface area contributed by atoms with Crippen molar-refractivity contribution in [3.8, 4) is 0 Å². The van der Waals surface area contributed by atoms with Crippen LogP contribution in [0.2, 0.25) is 0 Å². The molecule has 0 heterocycles. The molecule has 1 N–H and O–H groups in total. The summed E-state index contributed by atoms with van der Waals surface area (Å²) in [6.07, 6.45) is 0.503. The first-order valence-corrected chi connectivity index (χ1v) is 6.05. The standard InChI is InChI=1S/C14H19NO4/c1-10-6-4-5-7-11(10)8-9-12(13(16)18-2)15-14(17)19-3/h4-7,12H,8-9H2,1-3H3,(H,15,17)/t12-/m0/s1. The van der Waals surface area contributed by atoms with E-state index in [0.29, 0.717) is 12.8 Å². The largest absolute Gasteiger partial charge is 0.467 e. The summed E-state index contributed by atoms with van der Waals surface area (Å²) in [5, 5.41) is 2.47. The molecule has 1 rings (SSSR count). The Morgan fingerprint density at radius 2 is 1.89 bits per heavy atom. The van der Waals surface area contributed by atoms with Crippen LogP contribution in [-0.4, -0.2) is 32.3 Å². The molecule has 1 atom stereocenters. The van der Waals surface area contributed by atoms with Gasteiger partial charge >= 0.3 is 12.1 Å². The summed E-state index contributed by atoms with van der Waals surface area (Å²) in [6, 6.07) is 7.22. The summed E-state index contributed by atoms with van der Waals surface area (Å²) in [5.41, 5.74) is 2.30. The lowest BCUT2D eigenvalue weighted by atomic mass is 10.0. The maximum Gasteiger partial charge on any atom is 0.407 e. The van der Waals surface area contributed by atoms with Gasteiger partial charge in [-0.1, -0.05) is 24.3 Å². The maximum atomic E-state index is 11.6. The van der Waals surface area contributed by atoms with E-state index < -0.39 is 18.1 Å². The van der Waals surface area contributed by atoms with E-state index in [9.17, 15) is 9.59 Å². The van der Waals surface area contributed by atoms with Gasteiger partial charge in [0, 0.05) is 0 Å². The number of hydrogen-bond donors (Lipinski definition) is 1. The minimum Gasteiger partial charge on any atom is -0.467 e. The molecule has 0 aliphatic carbocycles. The summed E-state index contributed by atoms with van der Waals surface area (Å²) < 4.78 is 9.16. The van der Waals surface area contributed by atoms with Crippen molar-refractivity contribution in [1.82, 2.24) is 5.32 Å². The third-order valence-corrected chi connectivity index (χ3v) is 2.93. The topological polar surface area (TPSA) is 64.6 Å².